The van der Waals surface area contributed by atoms with E-state index < -0.39 is 15.6 Å². The SMILES string of the molecule is O=S(=O)(OSI)C(F)(F)F. The molecule has 0 aliphatic carbocycles. The minimum absolute atomic E-state index is 0.0975. The van der Waals surface area contributed by atoms with Gasteiger partial charge in [-0.15, -0.1) is 0 Å². The molecule has 0 aromatic rings. The quantitative estimate of drug-likeness (QED) is 0.444. The van der Waals surface area contributed by atoms with Gasteiger partial charge >= 0.3 is 15.6 Å². The first kappa shape index (κ1) is 10.8. The van der Waals surface area contributed by atoms with Crippen LogP contribution in [0.3, 0.4) is 0 Å². The highest BCUT2D eigenvalue weighted by Crippen LogP contribution is 2.29. The summed E-state index contributed by atoms with van der Waals surface area (Å²) in [6, 6.07) is 0. The van der Waals surface area contributed by atoms with E-state index in [4.69, 9.17) is 0 Å². The van der Waals surface area contributed by atoms with Gasteiger partial charge in [-0.3, -0.25) is 0 Å². The van der Waals surface area contributed by atoms with Gasteiger partial charge < -0.3 is 0 Å². The molecular weight excluding hydrogens is 308 g/mol. The molecule has 0 fully saturated rings. The molecule has 0 saturated carbocycles. The van der Waals surface area contributed by atoms with E-state index in [0.29, 0.717) is 0 Å². The highest BCUT2D eigenvalue weighted by Gasteiger charge is 2.47. The van der Waals surface area contributed by atoms with Gasteiger partial charge in [0.25, 0.3) is 0 Å². The third kappa shape index (κ3) is 2.80. The number of rotatable bonds is 2. The zero-order chi connectivity index (χ0) is 8.41. The van der Waals surface area contributed by atoms with Crippen LogP contribution in [0.15, 0.2) is 0 Å². The van der Waals surface area contributed by atoms with Crippen LogP contribution in [0.5, 0.6) is 0 Å². The van der Waals surface area contributed by atoms with Crippen molar-refractivity contribution >= 4 is 40.5 Å². The Morgan fingerprint density at radius 3 is 1.90 bits per heavy atom. The average Bonchev–Trinajstić information content (AvgIpc) is 1.61. The van der Waals surface area contributed by atoms with Crippen molar-refractivity contribution in [3.8, 4) is 0 Å². The van der Waals surface area contributed by atoms with E-state index in [-0.39, 0.29) is 9.21 Å². The molecule has 3 nitrogen and oxygen atoms in total. The topological polar surface area (TPSA) is 43.4 Å². The number of hydrogen-bond donors (Lipinski definition) is 0. The summed E-state index contributed by atoms with van der Waals surface area (Å²) in [5.41, 5.74) is -5.33. The van der Waals surface area contributed by atoms with Gasteiger partial charge in [-0.05, 0) is 0 Å². The van der Waals surface area contributed by atoms with Gasteiger partial charge in [-0.1, -0.05) is 0 Å². The Hall–Kier alpha value is 0.780. The van der Waals surface area contributed by atoms with Gasteiger partial charge in [0.1, 0.15) is 0 Å². The van der Waals surface area contributed by atoms with E-state index >= 15 is 0 Å². The summed E-state index contributed by atoms with van der Waals surface area (Å²) in [5, 5.41) is 0. The lowest BCUT2D eigenvalue weighted by molar-refractivity contribution is -0.0493. The van der Waals surface area contributed by atoms with Crippen molar-refractivity contribution in [3.05, 3.63) is 0 Å². The average molecular weight is 308 g/mol. The fraction of sp³-hybridized carbons (Fsp3) is 1.00. The van der Waals surface area contributed by atoms with Crippen LogP contribution in [0.25, 0.3) is 0 Å². The molecule has 0 radical (unpaired) electrons. The summed E-state index contributed by atoms with van der Waals surface area (Å²) in [7, 11) is -5.29. The molecule has 0 N–H and O–H groups in total. The van der Waals surface area contributed by atoms with Crippen LogP contribution >= 0.6 is 30.4 Å². The van der Waals surface area contributed by atoms with Crippen LogP contribution in [0.2, 0.25) is 0 Å². The fourth-order valence-electron chi connectivity index (χ4n) is 0.0724. The Morgan fingerprint density at radius 2 is 1.80 bits per heavy atom. The van der Waals surface area contributed by atoms with Crippen molar-refractivity contribution in [2.75, 3.05) is 0 Å². The Bertz CT molecular complexity index is 194. The van der Waals surface area contributed by atoms with Crippen LogP contribution in [-0.2, 0) is 13.7 Å². The summed E-state index contributed by atoms with van der Waals surface area (Å²) in [5.74, 6) is 0. The number of hydrogen-bond acceptors (Lipinski definition) is 4. The standard InChI is InChI=1S/CF3IO3S2/c2-1(3,4)10(6,7)8-9-5. The summed E-state index contributed by atoms with van der Waals surface area (Å²) in [6.45, 7) is 0. The van der Waals surface area contributed by atoms with Crippen LogP contribution in [-0.4, -0.2) is 13.9 Å². The second-order valence-electron chi connectivity index (χ2n) is 1.03. The molecule has 0 bridgehead atoms. The van der Waals surface area contributed by atoms with Crippen LogP contribution in [0.4, 0.5) is 13.2 Å². The monoisotopic (exact) mass is 308 g/mol. The Labute approximate surface area is 71.2 Å². The van der Waals surface area contributed by atoms with Gasteiger partial charge in [0.15, 0.2) is 0 Å². The fourth-order valence-corrected chi connectivity index (χ4v) is 2.39. The van der Waals surface area contributed by atoms with E-state index in [1.54, 1.807) is 0 Å². The van der Waals surface area contributed by atoms with Crippen LogP contribution in [0.1, 0.15) is 0 Å². The minimum atomic E-state index is -5.39. The second-order valence-corrected chi connectivity index (χ2v) is 4.15. The molecule has 9 heteroatoms. The second kappa shape index (κ2) is 3.45. The van der Waals surface area contributed by atoms with Crippen molar-refractivity contribution in [1.82, 2.24) is 0 Å². The zero-order valence-corrected chi connectivity index (χ0v) is 7.84. The summed E-state index contributed by atoms with van der Waals surface area (Å²) in [4.78, 5) is 0. The zero-order valence-electron chi connectivity index (χ0n) is 4.05. The predicted molar refractivity (Wildman–Crippen MR) is 37.7 cm³/mol. The van der Waals surface area contributed by atoms with E-state index in [2.05, 4.69) is 3.63 Å². The summed E-state index contributed by atoms with van der Waals surface area (Å²) in [6.07, 6.45) is 0. The van der Waals surface area contributed by atoms with Gasteiger partial charge in [-0.25, -0.2) is 0 Å². The molecule has 0 heterocycles. The maximum Gasteiger partial charge on any atom is 0.524 e. The molecule has 0 aromatic carbocycles. The number of alkyl halides is 3. The predicted octanol–water partition coefficient (Wildman–Crippen LogP) is 1.85. The smallest absolute Gasteiger partial charge is 0.189 e. The minimum Gasteiger partial charge on any atom is -0.189 e. The molecule has 0 rings (SSSR count). The Kier molecular flexibility index (Phi) is 3.72. The maximum absolute atomic E-state index is 11.3. The van der Waals surface area contributed by atoms with Gasteiger partial charge in [0.2, 0.25) is 0 Å². The van der Waals surface area contributed by atoms with E-state index in [0.717, 1.165) is 0 Å². The third-order valence-electron chi connectivity index (χ3n) is 0.399. The lowest BCUT2D eigenvalue weighted by Crippen LogP contribution is -2.22. The largest absolute Gasteiger partial charge is 0.524 e. The first-order chi connectivity index (χ1) is 4.31. The molecule has 0 aliphatic rings. The van der Waals surface area contributed by atoms with E-state index in [1.807, 2.05) is 0 Å². The van der Waals surface area contributed by atoms with Gasteiger partial charge in [0, 0.05) is 21.2 Å². The third-order valence-corrected chi connectivity index (χ3v) is 3.21. The molecule has 0 amide bonds. The van der Waals surface area contributed by atoms with Crippen molar-refractivity contribution in [1.29, 1.82) is 0 Å². The molecule has 0 atom stereocenters. The molecule has 0 aliphatic heterocycles. The van der Waals surface area contributed by atoms with E-state index in [9.17, 15) is 21.6 Å². The highest BCUT2D eigenvalue weighted by atomic mass is 127. The normalized spacial score (nSPS) is 13.6. The molecule has 0 saturated heterocycles. The molecular formula is CF3IO3S2. The molecule has 62 valence electrons. The van der Waals surface area contributed by atoms with Gasteiger partial charge in [0.05, 0.1) is 9.21 Å². The van der Waals surface area contributed by atoms with Crippen LogP contribution < -0.4 is 0 Å². The summed E-state index contributed by atoms with van der Waals surface area (Å²) < 4.78 is 57.0. The molecule has 0 spiro atoms. The lowest BCUT2D eigenvalue weighted by Gasteiger charge is -2.03. The van der Waals surface area contributed by atoms with Crippen molar-refractivity contribution in [2.45, 2.75) is 5.51 Å². The molecule has 10 heavy (non-hydrogen) atoms. The maximum atomic E-state index is 11.3. The Morgan fingerprint density at radius 1 is 1.40 bits per heavy atom. The summed E-state index contributed by atoms with van der Waals surface area (Å²) >= 11 is 1.27. The lowest BCUT2D eigenvalue weighted by atomic mass is 11.6. The van der Waals surface area contributed by atoms with E-state index in [1.165, 1.54) is 21.2 Å². The first-order valence-corrected chi connectivity index (χ1v) is 6.28. The highest BCUT2D eigenvalue weighted by molar-refractivity contribution is 14.2. The van der Waals surface area contributed by atoms with Crippen LogP contribution in [0, 0.1) is 0 Å². The number of halogens is 4. The molecule has 0 aromatic heterocycles. The van der Waals surface area contributed by atoms with Crippen molar-refractivity contribution < 1.29 is 25.2 Å². The van der Waals surface area contributed by atoms with Gasteiger partial charge in [-0.2, -0.15) is 25.2 Å². The van der Waals surface area contributed by atoms with Crippen molar-refractivity contribution in [3.63, 3.8) is 0 Å². The Balaban J connectivity index is 4.44. The first-order valence-electron chi connectivity index (χ1n) is 1.59. The van der Waals surface area contributed by atoms with Crippen molar-refractivity contribution in [2.24, 2.45) is 0 Å². The molecule has 0 unspecified atom stereocenters.